The Balaban J connectivity index is 0.000000309. The van der Waals surface area contributed by atoms with Gasteiger partial charge in [-0.15, -0.1) is 11.3 Å². The van der Waals surface area contributed by atoms with E-state index in [4.69, 9.17) is 9.84 Å². The van der Waals surface area contributed by atoms with Crippen molar-refractivity contribution in [1.29, 1.82) is 0 Å². The summed E-state index contributed by atoms with van der Waals surface area (Å²) in [6.07, 6.45) is 10.1. The van der Waals surface area contributed by atoms with Gasteiger partial charge in [0.25, 0.3) is 0 Å². The Hall–Kier alpha value is -1.95. The summed E-state index contributed by atoms with van der Waals surface area (Å²) >= 11 is 1.21. The van der Waals surface area contributed by atoms with Gasteiger partial charge in [-0.25, -0.2) is 9.78 Å². The second-order valence-corrected chi connectivity index (χ2v) is 7.99. The predicted molar refractivity (Wildman–Crippen MR) is 109 cm³/mol. The Morgan fingerprint density at radius 2 is 2.04 bits per heavy atom. The van der Waals surface area contributed by atoms with Gasteiger partial charge in [-0.2, -0.15) is 0 Å². The van der Waals surface area contributed by atoms with Gasteiger partial charge >= 0.3 is 5.97 Å². The summed E-state index contributed by atoms with van der Waals surface area (Å²) < 4.78 is 5.65. The van der Waals surface area contributed by atoms with Gasteiger partial charge in [-0.05, 0) is 45.6 Å². The quantitative estimate of drug-likeness (QED) is 0.348. The molecule has 0 saturated heterocycles. The van der Waals surface area contributed by atoms with E-state index in [1.807, 2.05) is 32.9 Å². The van der Waals surface area contributed by atoms with Gasteiger partial charge in [0.1, 0.15) is 10.6 Å². The maximum absolute atomic E-state index is 11.8. The Morgan fingerprint density at radius 3 is 2.44 bits per heavy atom. The molecule has 6 heteroatoms. The van der Waals surface area contributed by atoms with Crippen LogP contribution in [0.15, 0.2) is 24.0 Å². The molecule has 1 unspecified atom stereocenters. The molecule has 0 radical (unpaired) electrons. The molecule has 0 amide bonds. The van der Waals surface area contributed by atoms with E-state index in [0.717, 1.165) is 30.4 Å². The first-order chi connectivity index (χ1) is 12.8. The molecule has 0 aromatic carbocycles. The van der Waals surface area contributed by atoms with Crippen molar-refractivity contribution in [3.8, 4) is 0 Å². The highest BCUT2D eigenvalue weighted by atomic mass is 32.1. The number of nitrogens with zero attached hydrogens (tertiary/aromatic N) is 1. The van der Waals surface area contributed by atoms with Crippen LogP contribution in [0.25, 0.3) is 0 Å². The molecule has 0 aliphatic heterocycles. The Labute approximate surface area is 166 Å². The molecule has 27 heavy (non-hydrogen) atoms. The fourth-order valence-corrected chi connectivity index (χ4v) is 3.02. The number of ketones is 1. The van der Waals surface area contributed by atoms with Gasteiger partial charge in [0.15, 0.2) is 5.78 Å². The van der Waals surface area contributed by atoms with E-state index in [1.165, 1.54) is 24.2 Å². The fourth-order valence-electron chi connectivity index (χ4n) is 2.27. The maximum atomic E-state index is 11.8. The highest BCUT2D eigenvalue weighted by Gasteiger charge is 2.20. The Bertz CT molecular complexity index is 686. The van der Waals surface area contributed by atoms with Crippen molar-refractivity contribution in [2.24, 2.45) is 11.8 Å². The number of ether oxygens (including phenoxy) is 1. The lowest BCUT2D eigenvalue weighted by molar-refractivity contribution is -0.117. The van der Waals surface area contributed by atoms with E-state index in [2.05, 4.69) is 4.98 Å². The van der Waals surface area contributed by atoms with Crippen molar-refractivity contribution in [2.75, 3.05) is 6.61 Å². The van der Waals surface area contributed by atoms with Crippen LogP contribution in [0, 0.1) is 25.7 Å². The molecule has 1 fully saturated rings. The molecule has 1 aliphatic carbocycles. The van der Waals surface area contributed by atoms with Crippen molar-refractivity contribution >= 4 is 23.1 Å². The zero-order chi connectivity index (χ0) is 20.4. The van der Waals surface area contributed by atoms with Crippen LogP contribution < -0.4 is 0 Å². The first-order valence-electron chi connectivity index (χ1n) is 9.46. The second-order valence-electron chi connectivity index (χ2n) is 6.79. The molecule has 150 valence electrons. The normalized spacial score (nSPS) is 15.2. The number of hydrogen-bond acceptors (Lipinski definition) is 5. The summed E-state index contributed by atoms with van der Waals surface area (Å²) in [5, 5.41) is 9.35. The minimum Gasteiger partial charge on any atom is -0.493 e. The van der Waals surface area contributed by atoms with E-state index < -0.39 is 5.97 Å². The predicted octanol–water partition coefficient (Wildman–Crippen LogP) is 5.34. The third-order valence-electron chi connectivity index (χ3n) is 4.30. The lowest BCUT2D eigenvalue weighted by Gasteiger charge is -2.08. The zero-order valence-corrected chi connectivity index (χ0v) is 17.8. The van der Waals surface area contributed by atoms with Gasteiger partial charge in [-0.1, -0.05) is 32.8 Å². The summed E-state index contributed by atoms with van der Waals surface area (Å²) in [5.41, 5.74) is 0.606. The number of carboxylic acid groups (broad SMARTS) is 1. The third kappa shape index (κ3) is 9.00. The molecule has 1 aromatic rings. The van der Waals surface area contributed by atoms with E-state index in [0.29, 0.717) is 16.3 Å². The number of thiazole rings is 1. The molecule has 0 bridgehead atoms. The van der Waals surface area contributed by atoms with E-state index in [1.54, 1.807) is 19.9 Å². The molecule has 1 saturated carbocycles. The van der Waals surface area contributed by atoms with Gasteiger partial charge < -0.3 is 9.84 Å². The van der Waals surface area contributed by atoms with Gasteiger partial charge in [0.2, 0.25) is 0 Å². The third-order valence-corrected chi connectivity index (χ3v) is 5.36. The smallest absolute Gasteiger partial charge is 0.347 e. The summed E-state index contributed by atoms with van der Waals surface area (Å²) in [5.74, 6) is 0.933. The maximum Gasteiger partial charge on any atom is 0.347 e. The number of carboxylic acids is 1. The van der Waals surface area contributed by atoms with Crippen LogP contribution in [0.5, 0.6) is 0 Å². The molecule has 2 rings (SSSR count). The number of hydrogen-bond donors (Lipinski definition) is 1. The van der Waals surface area contributed by atoms with Crippen molar-refractivity contribution in [3.63, 3.8) is 0 Å². The van der Waals surface area contributed by atoms with Crippen LogP contribution in [0.3, 0.4) is 0 Å². The lowest BCUT2D eigenvalue weighted by atomic mass is 10.0. The van der Waals surface area contributed by atoms with Crippen LogP contribution in [0.2, 0.25) is 0 Å². The molecule has 5 nitrogen and oxygen atoms in total. The Kier molecular flexibility index (Phi) is 10.0. The van der Waals surface area contributed by atoms with E-state index in [9.17, 15) is 9.59 Å². The summed E-state index contributed by atoms with van der Waals surface area (Å²) in [4.78, 5) is 26.5. The van der Waals surface area contributed by atoms with Crippen LogP contribution in [0.4, 0.5) is 0 Å². The largest absolute Gasteiger partial charge is 0.493 e. The van der Waals surface area contributed by atoms with Crippen LogP contribution in [0.1, 0.15) is 66.8 Å². The lowest BCUT2D eigenvalue weighted by Crippen LogP contribution is -2.08. The highest BCUT2D eigenvalue weighted by Crippen LogP contribution is 2.32. The highest BCUT2D eigenvalue weighted by molar-refractivity contribution is 7.13. The summed E-state index contributed by atoms with van der Waals surface area (Å²) in [6.45, 7) is 10.1. The van der Waals surface area contributed by atoms with E-state index >= 15 is 0 Å². The molecule has 1 atom stereocenters. The Morgan fingerprint density at radius 1 is 1.37 bits per heavy atom. The monoisotopic (exact) mass is 393 g/mol. The topological polar surface area (TPSA) is 76.5 Å². The molecule has 1 N–H and O–H groups in total. The molecule has 1 aliphatic rings. The van der Waals surface area contributed by atoms with Gasteiger partial charge in [0.05, 0.1) is 17.3 Å². The van der Waals surface area contributed by atoms with Crippen molar-refractivity contribution < 1.29 is 19.4 Å². The van der Waals surface area contributed by atoms with Gasteiger partial charge in [0, 0.05) is 12.0 Å². The number of aromatic carboxylic acids is 1. The second kappa shape index (κ2) is 11.7. The number of rotatable bonds is 9. The van der Waals surface area contributed by atoms with Crippen molar-refractivity contribution in [1.82, 2.24) is 4.98 Å². The molecule has 1 heterocycles. The first kappa shape index (κ1) is 23.1. The minimum absolute atomic E-state index is 0.0855. The number of aryl methyl sites for hydroxylation is 2. The zero-order valence-electron chi connectivity index (χ0n) is 16.9. The number of carbonyl (C=O) groups excluding carboxylic acids is 1. The van der Waals surface area contributed by atoms with Gasteiger partial charge in [-0.3, -0.25) is 4.79 Å². The van der Waals surface area contributed by atoms with Crippen molar-refractivity contribution in [2.45, 2.75) is 60.3 Å². The fraction of sp³-hybridized carbons (Fsp3) is 0.571. The van der Waals surface area contributed by atoms with E-state index in [-0.39, 0.29) is 11.7 Å². The minimum atomic E-state index is -0.886. The molecular weight excluding hydrogens is 362 g/mol. The summed E-state index contributed by atoms with van der Waals surface area (Å²) in [7, 11) is 0. The molecular formula is C21H31NO4S. The average Bonchev–Trinajstić information content (AvgIpc) is 3.37. The first-order valence-corrected chi connectivity index (χ1v) is 10.3. The van der Waals surface area contributed by atoms with Crippen molar-refractivity contribution in [3.05, 3.63) is 39.6 Å². The number of carbonyl (C=O) groups is 2. The summed E-state index contributed by atoms with van der Waals surface area (Å²) in [6, 6.07) is 0. The molecule has 1 aromatic heterocycles. The van der Waals surface area contributed by atoms with Crippen LogP contribution >= 0.6 is 11.3 Å². The van der Waals surface area contributed by atoms with Crippen LogP contribution in [-0.4, -0.2) is 28.4 Å². The molecule has 0 spiro atoms. The number of aromatic nitrogens is 1. The average molecular weight is 394 g/mol. The SMILES string of the molecule is C/C=C\C(=C/C(=O)C(C)CC)OCCC1CC1.Cc1nc(C)c(C(=O)O)s1. The number of allylic oxidation sites excluding steroid dienone is 3. The standard InChI is InChI=1S/C15H24O2.C6H7NO2S/c1-4-6-14(11-15(16)12(3)5-2)17-10-9-13-7-8-13;1-3-5(6(8)9)10-4(2)7-3/h4,6,11-13H,5,7-10H2,1-3H3;1-2H3,(H,8,9)/b6-4-,14-11+;. The van der Waals surface area contributed by atoms with Crippen LogP contribution in [-0.2, 0) is 9.53 Å².